The Labute approximate surface area is 85.4 Å². The average molecular weight is 216 g/mol. The van der Waals surface area contributed by atoms with Crippen LogP contribution in [0.3, 0.4) is 0 Å². The second-order valence-corrected chi connectivity index (χ2v) is 6.64. The van der Waals surface area contributed by atoms with Crippen molar-refractivity contribution in [1.82, 2.24) is 4.72 Å². The van der Waals surface area contributed by atoms with Crippen molar-refractivity contribution in [3.63, 3.8) is 0 Å². The first-order valence-corrected chi connectivity index (χ1v) is 6.22. The minimum Gasteiger partial charge on any atom is -0.214 e. The van der Waals surface area contributed by atoms with E-state index in [0.29, 0.717) is 12.5 Å². The smallest absolute Gasteiger partial charge is 0.214 e. The monoisotopic (exact) mass is 216 g/mol. The van der Waals surface area contributed by atoms with Gasteiger partial charge >= 0.3 is 0 Å². The molecule has 1 aliphatic rings. The molecule has 0 aromatic rings. The van der Waals surface area contributed by atoms with Crippen molar-refractivity contribution < 1.29 is 8.42 Å². The Kier molecular flexibility index (Phi) is 2.88. The molecule has 0 spiro atoms. The number of hydrogen-bond acceptors (Lipinski definition) is 3. The number of hydrogen-bond donors (Lipinski definition) is 1. The maximum absolute atomic E-state index is 11.4. The van der Waals surface area contributed by atoms with Crippen molar-refractivity contribution >= 4 is 10.0 Å². The Balaban J connectivity index is 2.44. The standard InChI is InChI=1S/C9H16N2O2S/c1-7(5-10)14(12,13)11-6-8-4-9(8,2)3/h7-8,11H,4,6H2,1-3H3. The van der Waals surface area contributed by atoms with Crippen molar-refractivity contribution in [2.24, 2.45) is 11.3 Å². The maximum atomic E-state index is 11.4. The second-order valence-electron chi connectivity index (χ2n) is 4.55. The summed E-state index contributed by atoms with van der Waals surface area (Å²) in [6.07, 6.45) is 1.05. The van der Waals surface area contributed by atoms with Gasteiger partial charge in [-0.25, -0.2) is 13.1 Å². The fourth-order valence-corrected chi connectivity index (χ4v) is 2.16. The molecule has 4 nitrogen and oxygen atoms in total. The van der Waals surface area contributed by atoms with Gasteiger partial charge in [0.2, 0.25) is 10.0 Å². The predicted octanol–water partition coefficient (Wildman–Crippen LogP) is 0.864. The van der Waals surface area contributed by atoms with Gasteiger partial charge in [0.05, 0.1) is 6.07 Å². The molecule has 0 aliphatic heterocycles. The summed E-state index contributed by atoms with van der Waals surface area (Å²) in [5.41, 5.74) is 0.262. The van der Waals surface area contributed by atoms with E-state index in [0.717, 1.165) is 6.42 Å². The molecule has 0 aromatic heterocycles. The fourth-order valence-electron chi connectivity index (χ4n) is 1.34. The Morgan fingerprint density at radius 1 is 1.64 bits per heavy atom. The fraction of sp³-hybridized carbons (Fsp3) is 0.889. The molecule has 2 atom stereocenters. The molecule has 0 radical (unpaired) electrons. The molecule has 1 rings (SSSR count). The molecule has 1 saturated carbocycles. The summed E-state index contributed by atoms with van der Waals surface area (Å²) in [7, 11) is -3.43. The van der Waals surface area contributed by atoms with E-state index in [2.05, 4.69) is 18.6 Å². The van der Waals surface area contributed by atoms with E-state index >= 15 is 0 Å². The largest absolute Gasteiger partial charge is 0.227 e. The molecule has 80 valence electrons. The van der Waals surface area contributed by atoms with Crippen molar-refractivity contribution in [3.8, 4) is 6.07 Å². The predicted molar refractivity (Wildman–Crippen MR) is 53.9 cm³/mol. The van der Waals surface area contributed by atoms with E-state index < -0.39 is 15.3 Å². The Bertz CT molecular complexity index is 353. The van der Waals surface area contributed by atoms with Crippen LogP contribution in [0.5, 0.6) is 0 Å². The van der Waals surface area contributed by atoms with Gasteiger partial charge < -0.3 is 0 Å². The van der Waals surface area contributed by atoms with Crippen LogP contribution in [0.25, 0.3) is 0 Å². The van der Waals surface area contributed by atoms with Crippen LogP contribution < -0.4 is 4.72 Å². The van der Waals surface area contributed by atoms with Gasteiger partial charge in [-0.1, -0.05) is 13.8 Å². The number of nitriles is 1. The molecule has 0 aromatic carbocycles. The molecule has 5 heteroatoms. The summed E-state index contributed by atoms with van der Waals surface area (Å²) in [6, 6.07) is 1.72. The van der Waals surface area contributed by atoms with Crippen molar-refractivity contribution in [2.45, 2.75) is 32.4 Å². The van der Waals surface area contributed by atoms with Crippen LogP contribution in [-0.2, 0) is 10.0 Å². The van der Waals surface area contributed by atoms with Gasteiger partial charge in [0.1, 0.15) is 0 Å². The highest BCUT2D eigenvalue weighted by Crippen LogP contribution is 2.51. The van der Waals surface area contributed by atoms with Gasteiger partial charge in [-0.3, -0.25) is 0 Å². The lowest BCUT2D eigenvalue weighted by Crippen LogP contribution is -2.33. The van der Waals surface area contributed by atoms with E-state index in [1.807, 2.05) is 0 Å². The Morgan fingerprint density at radius 2 is 2.14 bits per heavy atom. The summed E-state index contributed by atoms with van der Waals surface area (Å²) in [5.74, 6) is 0.420. The maximum Gasteiger partial charge on any atom is 0.227 e. The molecule has 1 N–H and O–H groups in total. The lowest BCUT2D eigenvalue weighted by atomic mass is 10.1. The Morgan fingerprint density at radius 3 is 2.50 bits per heavy atom. The van der Waals surface area contributed by atoms with E-state index in [1.165, 1.54) is 6.92 Å². The van der Waals surface area contributed by atoms with Gasteiger partial charge in [0, 0.05) is 6.54 Å². The van der Waals surface area contributed by atoms with Crippen molar-refractivity contribution in [2.75, 3.05) is 6.54 Å². The average Bonchev–Trinajstić information content (AvgIpc) is 2.69. The van der Waals surface area contributed by atoms with Crippen LogP contribution in [0.4, 0.5) is 0 Å². The van der Waals surface area contributed by atoms with Crippen LogP contribution in [0.15, 0.2) is 0 Å². The topological polar surface area (TPSA) is 70.0 Å². The minimum atomic E-state index is -3.43. The van der Waals surface area contributed by atoms with Crippen LogP contribution in [-0.4, -0.2) is 20.2 Å². The van der Waals surface area contributed by atoms with Gasteiger partial charge in [-0.2, -0.15) is 5.26 Å². The highest BCUT2D eigenvalue weighted by atomic mass is 32.2. The third-order valence-electron chi connectivity index (χ3n) is 2.90. The normalized spacial score (nSPS) is 26.6. The molecule has 0 bridgehead atoms. The van der Waals surface area contributed by atoms with E-state index in [4.69, 9.17) is 5.26 Å². The quantitative estimate of drug-likeness (QED) is 0.757. The molecule has 1 fully saturated rings. The molecule has 14 heavy (non-hydrogen) atoms. The third-order valence-corrected chi connectivity index (χ3v) is 4.50. The molecule has 0 amide bonds. The van der Waals surface area contributed by atoms with Crippen LogP contribution in [0.2, 0.25) is 0 Å². The number of nitrogens with one attached hydrogen (secondary N) is 1. The molecule has 1 aliphatic carbocycles. The highest BCUT2D eigenvalue weighted by Gasteiger charge is 2.45. The van der Waals surface area contributed by atoms with Gasteiger partial charge in [0.25, 0.3) is 0 Å². The lowest BCUT2D eigenvalue weighted by Gasteiger charge is -2.08. The Hall–Kier alpha value is -0.600. The number of nitrogens with zero attached hydrogens (tertiary/aromatic N) is 1. The minimum absolute atomic E-state index is 0.262. The SMILES string of the molecule is CC(C#N)S(=O)(=O)NCC1CC1(C)C. The molecule has 0 saturated heterocycles. The zero-order valence-electron chi connectivity index (χ0n) is 8.74. The summed E-state index contributed by atoms with van der Waals surface area (Å²) in [4.78, 5) is 0. The van der Waals surface area contributed by atoms with Crippen LogP contribution in [0, 0.1) is 22.7 Å². The molecule has 0 heterocycles. The van der Waals surface area contributed by atoms with Crippen LogP contribution in [0.1, 0.15) is 27.2 Å². The molecular weight excluding hydrogens is 200 g/mol. The van der Waals surface area contributed by atoms with Gasteiger partial charge in [0.15, 0.2) is 5.25 Å². The number of sulfonamides is 1. The van der Waals surface area contributed by atoms with Crippen molar-refractivity contribution in [3.05, 3.63) is 0 Å². The summed E-state index contributed by atoms with van der Waals surface area (Å²) >= 11 is 0. The summed E-state index contributed by atoms with van der Waals surface area (Å²) < 4.78 is 25.2. The first-order chi connectivity index (χ1) is 6.29. The summed E-state index contributed by atoms with van der Waals surface area (Å²) in [6.45, 7) is 6.07. The van der Waals surface area contributed by atoms with Gasteiger partial charge in [-0.15, -0.1) is 0 Å². The lowest BCUT2D eigenvalue weighted by molar-refractivity contribution is 0.536. The van der Waals surface area contributed by atoms with E-state index in [-0.39, 0.29) is 5.41 Å². The zero-order chi connectivity index (χ0) is 11.0. The molecule has 2 unspecified atom stereocenters. The van der Waals surface area contributed by atoms with E-state index in [9.17, 15) is 8.42 Å². The van der Waals surface area contributed by atoms with E-state index in [1.54, 1.807) is 6.07 Å². The number of rotatable bonds is 4. The second kappa shape index (κ2) is 3.52. The third kappa shape index (κ3) is 2.46. The first kappa shape index (κ1) is 11.5. The summed E-state index contributed by atoms with van der Waals surface area (Å²) in [5, 5.41) is 7.52. The first-order valence-electron chi connectivity index (χ1n) is 4.68. The van der Waals surface area contributed by atoms with Crippen LogP contribution >= 0.6 is 0 Å². The van der Waals surface area contributed by atoms with Gasteiger partial charge in [-0.05, 0) is 24.7 Å². The molecular formula is C9H16N2O2S. The zero-order valence-corrected chi connectivity index (χ0v) is 9.56. The highest BCUT2D eigenvalue weighted by molar-refractivity contribution is 7.90. The van der Waals surface area contributed by atoms with Crippen molar-refractivity contribution in [1.29, 1.82) is 5.26 Å².